The van der Waals surface area contributed by atoms with Crippen LogP contribution in [0.2, 0.25) is 0 Å². The van der Waals surface area contributed by atoms with Crippen molar-refractivity contribution in [3.63, 3.8) is 0 Å². The molecule has 0 aliphatic heterocycles. The molecule has 5 heteroatoms. The second kappa shape index (κ2) is 7.01. The molecule has 0 aliphatic carbocycles. The maximum Gasteiger partial charge on any atom is 0.255 e. The molecule has 0 aromatic heterocycles. The second-order valence-electron chi connectivity index (χ2n) is 4.09. The molecular formula is C13H17ClN2O2. The van der Waals surface area contributed by atoms with Gasteiger partial charge in [0.15, 0.2) is 0 Å². The minimum absolute atomic E-state index is 0.130. The Bertz CT molecular complexity index is 433. The molecule has 0 saturated heterocycles. The monoisotopic (exact) mass is 268 g/mol. The van der Waals surface area contributed by atoms with Crippen LogP contribution in [-0.2, 0) is 4.79 Å². The fraction of sp³-hybridized carbons (Fsp3) is 0.385. The molecule has 0 heterocycles. The van der Waals surface area contributed by atoms with Crippen LogP contribution in [0.25, 0.3) is 0 Å². The first-order valence-electron chi connectivity index (χ1n) is 5.72. The van der Waals surface area contributed by atoms with E-state index in [1.54, 1.807) is 38.4 Å². The molecule has 18 heavy (non-hydrogen) atoms. The van der Waals surface area contributed by atoms with Crippen LogP contribution >= 0.6 is 11.6 Å². The number of nitrogens with one attached hydrogen (secondary N) is 1. The van der Waals surface area contributed by atoms with E-state index in [0.717, 1.165) is 0 Å². The number of benzene rings is 1. The van der Waals surface area contributed by atoms with Gasteiger partial charge in [0, 0.05) is 26.4 Å². The molecule has 0 saturated carbocycles. The Morgan fingerprint density at radius 3 is 2.56 bits per heavy atom. The van der Waals surface area contributed by atoms with Crippen LogP contribution < -0.4 is 5.32 Å². The van der Waals surface area contributed by atoms with Crippen molar-refractivity contribution in [1.29, 1.82) is 0 Å². The highest BCUT2D eigenvalue weighted by atomic mass is 35.5. The summed E-state index contributed by atoms with van der Waals surface area (Å²) in [6, 6.07) is 6.96. The van der Waals surface area contributed by atoms with Gasteiger partial charge in [-0.1, -0.05) is 12.1 Å². The molecule has 1 N–H and O–H groups in total. The van der Waals surface area contributed by atoms with Crippen molar-refractivity contribution in [3.05, 3.63) is 29.8 Å². The average Bonchev–Trinajstić information content (AvgIpc) is 2.36. The summed E-state index contributed by atoms with van der Waals surface area (Å²) >= 11 is 5.53. The molecule has 0 aliphatic rings. The lowest BCUT2D eigenvalue weighted by atomic mass is 10.1. The zero-order chi connectivity index (χ0) is 13.5. The molecule has 0 bridgehead atoms. The Labute approximate surface area is 112 Å². The van der Waals surface area contributed by atoms with E-state index in [1.807, 2.05) is 0 Å². The average molecular weight is 269 g/mol. The van der Waals surface area contributed by atoms with Crippen LogP contribution in [0, 0.1) is 0 Å². The maximum absolute atomic E-state index is 11.9. The summed E-state index contributed by atoms with van der Waals surface area (Å²) in [5.74, 6) is 0.184. The van der Waals surface area contributed by atoms with E-state index >= 15 is 0 Å². The fourth-order valence-electron chi connectivity index (χ4n) is 1.46. The molecule has 0 spiro atoms. The molecule has 0 unspecified atom stereocenters. The second-order valence-corrected chi connectivity index (χ2v) is 4.46. The van der Waals surface area contributed by atoms with Gasteiger partial charge in [0.25, 0.3) is 5.91 Å². The number of hydrogen-bond donors (Lipinski definition) is 1. The summed E-state index contributed by atoms with van der Waals surface area (Å²) in [5.41, 5.74) is 1.03. The minimum Gasteiger partial charge on any atom is -0.345 e. The third kappa shape index (κ3) is 4.04. The Balaban J connectivity index is 2.82. The number of carbonyl (C=O) groups excluding carboxylic acids is 2. The third-order valence-corrected chi connectivity index (χ3v) is 2.64. The predicted octanol–water partition coefficient (Wildman–Crippen LogP) is 2.35. The van der Waals surface area contributed by atoms with Gasteiger partial charge < -0.3 is 10.2 Å². The summed E-state index contributed by atoms with van der Waals surface area (Å²) in [6.45, 7) is 0. The number of amides is 2. The fourth-order valence-corrected chi connectivity index (χ4v) is 1.59. The summed E-state index contributed by atoms with van der Waals surface area (Å²) < 4.78 is 0. The lowest BCUT2D eigenvalue weighted by Gasteiger charge is -2.14. The molecule has 4 nitrogen and oxygen atoms in total. The topological polar surface area (TPSA) is 49.4 Å². The number of anilines is 1. The molecule has 2 amide bonds. The van der Waals surface area contributed by atoms with Crippen molar-refractivity contribution < 1.29 is 9.59 Å². The van der Waals surface area contributed by atoms with E-state index in [0.29, 0.717) is 30.0 Å². The molecule has 1 aromatic carbocycles. The van der Waals surface area contributed by atoms with Crippen LogP contribution in [0.1, 0.15) is 23.2 Å². The zero-order valence-electron chi connectivity index (χ0n) is 10.6. The van der Waals surface area contributed by atoms with Crippen molar-refractivity contribution in [2.45, 2.75) is 12.8 Å². The minimum atomic E-state index is -0.136. The lowest BCUT2D eigenvalue weighted by Crippen LogP contribution is -2.24. The van der Waals surface area contributed by atoms with E-state index in [1.165, 1.54) is 4.90 Å². The van der Waals surface area contributed by atoms with Crippen molar-refractivity contribution in [3.8, 4) is 0 Å². The van der Waals surface area contributed by atoms with Crippen molar-refractivity contribution >= 4 is 29.1 Å². The summed E-state index contributed by atoms with van der Waals surface area (Å²) in [6.07, 6.45) is 0.977. The van der Waals surface area contributed by atoms with E-state index in [9.17, 15) is 9.59 Å². The Morgan fingerprint density at radius 1 is 1.28 bits per heavy atom. The number of halogens is 1. The van der Waals surface area contributed by atoms with Crippen LogP contribution in [0.4, 0.5) is 5.69 Å². The van der Waals surface area contributed by atoms with Gasteiger partial charge in [0.2, 0.25) is 5.91 Å². The van der Waals surface area contributed by atoms with E-state index in [4.69, 9.17) is 11.6 Å². The maximum atomic E-state index is 11.9. The van der Waals surface area contributed by atoms with Gasteiger partial charge in [-0.2, -0.15) is 0 Å². The number of hydrogen-bond acceptors (Lipinski definition) is 2. The highest BCUT2D eigenvalue weighted by Gasteiger charge is 2.14. The lowest BCUT2D eigenvalue weighted by molar-refractivity contribution is -0.116. The first-order chi connectivity index (χ1) is 8.56. The molecule has 1 aromatic rings. The first-order valence-corrected chi connectivity index (χ1v) is 6.26. The number of carbonyl (C=O) groups is 2. The normalized spacial score (nSPS) is 9.94. The summed E-state index contributed by atoms with van der Waals surface area (Å²) in [4.78, 5) is 25.0. The summed E-state index contributed by atoms with van der Waals surface area (Å²) in [5, 5.41) is 2.74. The van der Waals surface area contributed by atoms with Gasteiger partial charge in [-0.05, 0) is 18.6 Å². The largest absolute Gasteiger partial charge is 0.345 e. The number of rotatable bonds is 5. The van der Waals surface area contributed by atoms with Gasteiger partial charge in [-0.25, -0.2) is 0 Å². The molecule has 98 valence electrons. The van der Waals surface area contributed by atoms with Crippen molar-refractivity contribution in [2.75, 3.05) is 25.3 Å². The van der Waals surface area contributed by atoms with E-state index in [2.05, 4.69) is 5.32 Å². The van der Waals surface area contributed by atoms with Gasteiger partial charge in [-0.15, -0.1) is 11.6 Å². The molecular weight excluding hydrogens is 252 g/mol. The van der Waals surface area contributed by atoms with Crippen molar-refractivity contribution in [1.82, 2.24) is 4.90 Å². The summed E-state index contributed by atoms with van der Waals surface area (Å²) in [7, 11) is 3.35. The van der Waals surface area contributed by atoms with Crippen LogP contribution in [0.5, 0.6) is 0 Å². The number of nitrogens with zero attached hydrogens (tertiary/aromatic N) is 1. The van der Waals surface area contributed by atoms with Crippen LogP contribution in [-0.4, -0.2) is 36.7 Å². The Morgan fingerprint density at radius 2 is 1.94 bits per heavy atom. The number of alkyl halides is 1. The quantitative estimate of drug-likeness (QED) is 0.834. The zero-order valence-corrected chi connectivity index (χ0v) is 11.3. The smallest absolute Gasteiger partial charge is 0.255 e. The third-order valence-electron chi connectivity index (χ3n) is 2.38. The number of para-hydroxylation sites is 1. The van der Waals surface area contributed by atoms with E-state index < -0.39 is 0 Å². The van der Waals surface area contributed by atoms with Crippen LogP contribution in [0.15, 0.2) is 24.3 Å². The molecule has 1 rings (SSSR count). The first kappa shape index (κ1) is 14.5. The molecule has 0 radical (unpaired) electrons. The highest BCUT2D eigenvalue weighted by Crippen LogP contribution is 2.16. The predicted molar refractivity (Wildman–Crippen MR) is 73.0 cm³/mol. The van der Waals surface area contributed by atoms with Gasteiger partial charge in [-0.3, -0.25) is 9.59 Å². The van der Waals surface area contributed by atoms with Gasteiger partial charge >= 0.3 is 0 Å². The highest BCUT2D eigenvalue weighted by molar-refractivity contribution is 6.18. The molecule has 0 atom stereocenters. The Kier molecular flexibility index (Phi) is 5.65. The van der Waals surface area contributed by atoms with Gasteiger partial charge in [0.1, 0.15) is 0 Å². The Hall–Kier alpha value is -1.55. The standard InChI is InChI=1S/C13H17ClN2O2/c1-16(2)13(18)10-6-3-4-7-11(10)15-12(17)8-5-9-14/h3-4,6-7H,5,8-9H2,1-2H3,(H,15,17). The SMILES string of the molecule is CN(C)C(=O)c1ccccc1NC(=O)CCCCl. The van der Waals surface area contributed by atoms with Gasteiger partial charge in [0.05, 0.1) is 11.3 Å². The van der Waals surface area contributed by atoms with Crippen molar-refractivity contribution in [2.24, 2.45) is 0 Å². The molecule has 0 fully saturated rings. The van der Waals surface area contributed by atoms with Crippen LogP contribution in [0.3, 0.4) is 0 Å². The van der Waals surface area contributed by atoms with E-state index in [-0.39, 0.29) is 11.8 Å².